The maximum absolute atomic E-state index is 12.8. The van der Waals surface area contributed by atoms with E-state index in [4.69, 9.17) is 55.9 Å². The molecule has 0 unspecified atom stereocenters. The Labute approximate surface area is 650 Å². The lowest BCUT2D eigenvalue weighted by Crippen LogP contribution is -2.51. The number of cyclic esters (lactones) is 2. The maximum atomic E-state index is 12.8. The number of pyridine rings is 3. The predicted molar refractivity (Wildman–Crippen MR) is 424 cm³/mol. The SMILES string of the molecule is C=CC(=O)N1CCN(c2ccnc3ccc(/C=C4\SC(=O)NC4=O)cc23)CC1.O=C1CC[C@@H](C(=O)N2CCN(c3ccnc4ccc(/C=C5\SC(=Nc6c(Cl)cccc6Cl)NC5=O)cc34)CC2)O1.O=C1CC[C@H](C(=O)N2CCN(c3ccnc4ccc(/C=C5\SC(=Nc6c(Cl)cccc6Cl)NC5=O)cc34)CC2)O1. The van der Waals surface area contributed by atoms with E-state index in [0.717, 1.165) is 91.3 Å². The van der Waals surface area contributed by atoms with Crippen molar-refractivity contribution in [3.8, 4) is 0 Å². The van der Waals surface area contributed by atoms with Gasteiger partial charge in [-0.2, -0.15) is 0 Å². The van der Waals surface area contributed by atoms with Crippen molar-refractivity contribution in [2.75, 3.05) is 93.2 Å². The molecule has 8 aliphatic rings. The first-order valence-corrected chi connectivity index (χ1v) is 38.2. The second kappa shape index (κ2) is 33.0. The molecule has 8 saturated heterocycles. The van der Waals surface area contributed by atoms with Crippen LogP contribution >= 0.6 is 81.7 Å². The number of piperazine rings is 3. The molecule has 3 N–H and O–H groups in total. The number of aliphatic imine (C=N–C) groups is 2. The van der Waals surface area contributed by atoms with Crippen molar-refractivity contribution in [2.24, 2.45) is 9.98 Å². The van der Waals surface area contributed by atoms with E-state index in [1.807, 2.05) is 84.9 Å². The van der Waals surface area contributed by atoms with E-state index in [2.05, 4.69) is 62.2 Å². The minimum atomic E-state index is -0.658. The van der Waals surface area contributed by atoms with Crippen LogP contribution in [0.2, 0.25) is 20.1 Å². The van der Waals surface area contributed by atoms with Gasteiger partial charge in [-0.25, -0.2) is 9.98 Å². The highest BCUT2D eigenvalue weighted by Crippen LogP contribution is 2.40. The van der Waals surface area contributed by atoms with Gasteiger partial charge in [0.05, 0.1) is 51.4 Å². The summed E-state index contributed by atoms with van der Waals surface area (Å²) in [5, 5.41) is 12.7. The van der Waals surface area contributed by atoms with Gasteiger partial charge in [-0.15, -0.1) is 0 Å². The lowest BCUT2D eigenvalue weighted by molar-refractivity contribution is -0.153. The summed E-state index contributed by atoms with van der Waals surface area (Å²) in [5.41, 5.74) is 8.87. The second-order valence-electron chi connectivity index (χ2n) is 25.5. The molecule has 25 nitrogen and oxygen atoms in total. The van der Waals surface area contributed by atoms with Gasteiger partial charge in [0.25, 0.3) is 34.8 Å². The number of esters is 2. The lowest BCUT2D eigenvalue weighted by Gasteiger charge is -2.37. The molecule has 5 aromatic carbocycles. The number of hydrogen-bond acceptors (Lipinski definition) is 22. The summed E-state index contributed by atoms with van der Waals surface area (Å²) >= 11 is 28.2. The van der Waals surface area contributed by atoms with Crippen molar-refractivity contribution >= 4 is 224 Å². The fourth-order valence-corrected chi connectivity index (χ4v) is 16.5. The standard InChI is InChI=1S/2C28H23Cl2N5O4S.C20H18N4O3S/c2*29-18-2-1-3-19(30)25(18)32-28-33-26(37)23(40-28)15-16-4-5-20-17(14-16)21(8-9-31-20)34-10-12-35(13-11-34)27(38)22-6-7-24(36)39-22;1-2-18(25)24-9-7-23(8-10-24)16-5-6-21-15-4-3-13(11-14(15)16)12-17-19(26)22-20(27)28-17/h2*1-5,8-9,14-15,22H,6-7,10-13H2,(H,32,33,37);2-6,11-12H,1,7-10H2,(H,22,26,27)/b2*23-15-;17-12-/t2*22-;/m10./s1. The third-order valence-corrected chi connectivity index (χ3v) is 22.5. The van der Waals surface area contributed by atoms with Crippen LogP contribution in [0.25, 0.3) is 50.9 Å². The largest absolute Gasteiger partial charge is 0.452 e. The number of aromatic nitrogens is 3. The van der Waals surface area contributed by atoms with E-state index in [9.17, 15) is 43.2 Å². The number of amidine groups is 2. The van der Waals surface area contributed by atoms with Gasteiger partial charge in [-0.05, 0) is 155 Å². The van der Waals surface area contributed by atoms with Crippen LogP contribution in [0.3, 0.4) is 0 Å². The summed E-state index contributed by atoms with van der Waals surface area (Å²) in [6.45, 7) is 11.0. The number of anilines is 3. The number of carbonyl (C=O) groups is 9. The molecule has 0 aliphatic carbocycles. The highest BCUT2D eigenvalue weighted by Gasteiger charge is 2.37. The average molecular weight is 1590 g/mol. The molecule has 11 heterocycles. The van der Waals surface area contributed by atoms with Crippen molar-refractivity contribution in [1.29, 1.82) is 0 Å². The van der Waals surface area contributed by atoms with Gasteiger partial charge in [0, 0.05) is 156 Å². The molecule has 0 spiro atoms. The van der Waals surface area contributed by atoms with Crippen molar-refractivity contribution in [1.82, 2.24) is 45.6 Å². The highest BCUT2D eigenvalue weighted by atomic mass is 35.5. The van der Waals surface area contributed by atoms with Gasteiger partial charge in [0.2, 0.25) is 5.91 Å². The van der Waals surface area contributed by atoms with Crippen LogP contribution in [0.15, 0.2) is 165 Å². The van der Waals surface area contributed by atoms with E-state index in [-0.39, 0.29) is 52.6 Å². The topological polar surface area (TPSA) is 291 Å². The van der Waals surface area contributed by atoms with Crippen molar-refractivity contribution < 1.29 is 52.6 Å². The normalized spacial score (nSPS) is 20.7. The van der Waals surface area contributed by atoms with Crippen molar-refractivity contribution in [3.05, 3.63) is 192 Å². The van der Waals surface area contributed by atoms with Crippen LogP contribution in [-0.2, 0) is 47.8 Å². The first-order valence-electron chi connectivity index (χ1n) is 34.3. The minimum Gasteiger partial charge on any atom is -0.452 e. The molecule has 7 amide bonds. The zero-order valence-electron chi connectivity index (χ0n) is 57.3. The fraction of sp³-hybridized carbons (Fsp3) is 0.237. The highest BCUT2D eigenvalue weighted by molar-refractivity contribution is 8.19. The number of carbonyl (C=O) groups excluding carboxylic acids is 9. The Bertz CT molecular complexity index is 4960. The zero-order valence-corrected chi connectivity index (χ0v) is 62.7. The number of benzene rings is 5. The van der Waals surface area contributed by atoms with Crippen molar-refractivity contribution in [2.45, 2.75) is 37.9 Å². The molecular formula is C76H64Cl4N14O11S3. The zero-order chi connectivity index (χ0) is 75.3. The van der Waals surface area contributed by atoms with E-state index >= 15 is 0 Å². The van der Waals surface area contributed by atoms with Crippen LogP contribution in [0.5, 0.6) is 0 Å². The number of nitrogens with zero attached hydrogens (tertiary/aromatic N) is 11. The number of hydrogen-bond donors (Lipinski definition) is 3. The lowest BCUT2D eigenvalue weighted by atomic mass is 10.1. The molecule has 8 aliphatic heterocycles. The number of ether oxygens (including phenoxy) is 2. The third-order valence-electron chi connectivity index (χ3n) is 18.7. The van der Waals surface area contributed by atoms with Gasteiger partial charge < -0.3 is 49.5 Å². The molecular weight excluding hydrogens is 1520 g/mol. The molecule has 2 atom stereocenters. The van der Waals surface area contributed by atoms with E-state index in [1.165, 1.54) is 29.6 Å². The summed E-state index contributed by atoms with van der Waals surface area (Å²) in [6.07, 6.45) is 12.2. The number of fused-ring (bicyclic) bond motifs is 3. The molecule has 16 rings (SSSR count). The fourth-order valence-electron chi connectivity index (χ4n) is 13.2. The Hall–Kier alpha value is -10.3. The third kappa shape index (κ3) is 17.0. The summed E-state index contributed by atoms with van der Waals surface area (Å²) in [6, 6.07) is 33.6. The molecule has 0 bridgehead atoms. The molecule has 550 valence electrons. The Morgan fingerprint density at radius 1 is 0.454 bits per heavy atom. The Morgan fingerprint density at radius 3 is 1.12 bits per heavy atom. The van der Waals surface area contributed by atoms with Gasteiger partial charge in [0.15, 0.2) is 22.5 Å². The van der Waals surface area contributed by atoms with E-state index in [0.29, 0.717) is 148 Å². The molecule has 0 saturated carbocycles. The van der Waals surface area contributed by atoms with E-state index < -0.39 is 12.2 Å². The Morgan fingerprint density at radius 2 is 0.796 bits per heavy atom. The molecule has 8 fully saturated rings. The Balaban J connectivity index is 0.000000138. The van der Waals surface area contributed by atoms with Gasteiger partial charge in [0.1, 0.15) is 11.4 Å². The van der Waals surface area contributed by atoms with E-state index in [1.54, 1.807) is 75.8 Å². The molecule has 0 radical (unpaired) electrons. The second-order valence-corrected chi connectivity index (χ2v) is 30.2. The van der Waals surface area contributed by atoms with Crippen LogP contribution in [-0.4, -0.2) is 183 Å². The predicted octanol–water partition coefficient (Wildman–Crippen LogP) is 12.0. The summed E-state index contributed by atoms with van der Waals surface area (Å²) in [5.74, 6) is -1.79. The summed E-state index contributed by atoms with van der Waals surface area (Å²) in [7, 11) is 0. The average Bonchev–Trinajstić information content (AvgIpc) is 0.966. The maximum Gasteiger partial charge on any atom is 0.306 e. The number of thioether (sulfide) groups is 3. The number of amides is 7. The van der Waals surface area contributed by atoms with Crippen molar-refractivity contribution in [3.63, 3.8) is 0 Å². The number of para-hydroxylation sites is 2. The van der Waals surface area contributed by atoms with Crippen LogP contribution in [0.1, 0.15) is 42.4 Å². The number of nitrogens with one attached hydrogen (secondary N) is 3. The number of imide groups is 1. The smallest absolute Gasteiger partial charge is 0.306 e. The Kier molecular flexibility index (Phi) is 22.8. The monoisotopic (exact) mass is 1580 g/mol. The first kappa shape index (κ1) is 74.5. The summed E-state index contributed by atoms with van der Waals surface area (Å²) in [4.78, 5) is 144. The number of rotatable bonds is 11. The molecule has 32 heteroatoms. The molecule has 108 heavy (non-hydrogen) atoms. The van der Waals surface area contributed by atoms with Gasteiger partial charge in [-0.1, -0.05) is 83.3 Å². The summed E-state index contributed by atoms with van der Waals surface area (Å²) < 4.78 is 10.3. The molecule has 8 aromatic rings. The van der Waals surface area contributed by atoms with Crippen LogP contribution in [0.4, 0.5) is 33.2 Å². The molecule has 3 aromatic heterocycles. The van der Waals surface area contributed by atoms with Gasteiger partial charge >= 0.3 is 11.9 Å². The quantitative estimate of drug-likeness (QED) is 0.0801. The first-order chi connectivity index (χ1) is 52.2. The van der Waals surface area contributed by atoms with Crippen LogP contribution in [0, 0.1) is 0 Å². The minimum absolute atomic E-state index is 0.0463. The number of halogens is 4. The van der Waals surface area contributed by atoms with Gasteiger partial charge in [-0.3, -0.25) is 63.4 Å². The van der Waals surface area contributed by atoms with Crippen LogP contribution < -0.4 is 30.7 Å².